The summed E-state index contributed by atoms with van der Waals surface area (Å²) in [5.74, 6) is -11.6. The maximum absolute atomic E-state index is 13.9. The van der Waals surface area contributed by atoms with E-state index in [1.807, 2.05) is 0 Å². The predicted molar refractivity (Wildman–Crippen MR) is 70.6 cm³/mol. The molecule has 0 saturated carbocycles. The zero-order valence-electron chi connectivity index (χ0n) is 11.9. The van der Waals surface area contributed by atoms with Gasteiger partial charge in [-0.05, 0) is 31.2 Å². The number of hydrogen-bond donors (Lipinski definition) is 1. The van der Waals surface area contributed by atoms with Crippen molar-refractivity contribution in [2.75, 3.05) is 0 Å². The molecular formula is C15H9F5O4. The summed E-state index contributed by atoms with van der Waals surface area (Å²) in [6.07, 6.45) is -3.08. The first-order chi connectivity index (χ1) is 11.1. The number of halogens is 5. The van der Waals surface area contributed by atoms with E-state index in [0.717, 1.165) is 24.3 Å². The number of rotatable bonds is 3. The minimum atomic E-state index is -3.08. The maximum Gasteiger partial charge on any atom is 0.339 e. The summed E-state index contributed by atoms with van der Waals surface area (Å²) in [6, 6.07) is 4.00. The molecule has 0 saturated heterocycles. The van der Waals surface area contributed by atoms with Crippen LogP contribution in [0.5, 0.6) is 0 Å². The fourth-order valence-corrected chi connectivity index (χ4v) is 1.98. The van der Waals surface area contributed by atoms with Crippen LogP contribution < -0.4 is 0 Å². The molecule has 0 amide bonds. The molecule has 0 bridgehead atoms. The van der Waals surface area contributed by atoms with E-state index in [2.05, 4.69) is 4.74 Å². The second kappa shape index (κ2) is 6.06. The van der Waals surface area contributed by atoms with Gasteiger partial charge in [-0.3, -0.25) is 0 Å². The molecule has 2 unspecified atom stereocenters. The van der Waals surface area contributed by atoms with Crippen molar-refractivity contribution in [2.45, 2.75) is 18.7 Å². The number of alkyl halides is 1. The van der Waals surface area contributed by atoms with Crippen molar-refractivity contribution in [3.63, 3.8) is 0 Å². The van der Waals surface area contributed by atoms with Crippen molar-refractivity contribution < 1.29 is 41.4 Å². The third kappa shape index (κ3) is 2.77. The van der Waals surface area contributed by atoms with Crippen LogP contribution in [0.15, 0.2) is 47.6 Å². The normalized spacial score (nSPS) is 24.2. The van der Waals surface area contributed by atoms with Crippen LogP contribution in [0.2, 0.25) is 0 Å². The van der Waals surface area contributed by atoms with Crippen LogP contribution in [-0.4, -0.2) is 28.8 Å². The second-order valence-electron chi connectivity index (χ2n) is 5.03. The molecule has 128 valence electrons. The van der Waals surface area contributed by atoms with Gasteiger partial charge in [0.05, 0.1) is 11.1 Å². The number of allylic oxidation sites excluding steroid dienone is 2. The molecule has 0 aromatic heterocycles. The maximum atomic E-state index is 13.9. The molecule has 24 heavy (non-hydrogen) atoms. The third-order valence-electron chi connectivity index (χ3n) is 3.41. The fraction of sp³-hybridized carbons (Fsp3) is 0.200. The smallest absolute Gasteiger partial charge is 0.339 e. The molecule has 1 aliphatic rings. The number of carboxylic acid groups (broad SMARTS) is 1. The van der Waals surface area contributed by atoms with Gasteiger partial charge in [0.2, 0.25) is 11.8 Å². The van der Waals surface area contributed by atoms with E-state index in [9.17, 15) is 31.5 Å². The van der Waals surface area contributed by atoms with Crippen molar-refractivity contribution in [3.05, 3.63) is 58.7 Å². The Morgan fingerprint density at radius 3 is 2.04 bits per heavy atom. The van der Waals surface area contributed by atoms with Gasteiger partial charge in [0.15, 0.2) is 23.3 Å². The van der Waals surface area contributed by atoms with E-state index in [-0.39, 0.29) is 11.1 Å². The Kier molecular flexibility index (Phi) is 4.46. The first-order valence-corrected chi connectivity index (χ1v) is 6.41. The summed E-state index contributed by atoms with van der Waals surface area (Å²) >= 11 is 0. The minimum absolute atomic E-state index is 0.174. The number of carbonyl (C=O) groups excluding carboxylic acids is 1. The van der Waals surface area contributed by atoms with Gasteiger partial charge in [0, 0.05) is 0 Å². The summed E-state index contributed by atoms with van der Waals surface area (Å²) < 4.78 is 71.8. The minimum Gasteiger partial charge on any atom is -0.478 e. The summed E-state index contributed by atoms with van der Waals surface area (Å²) in [7, 11) is 0. The van der Waals surface area contributed by atoms with Crippen molar-refractivity contribution >= 4 is 11.9 Å². The molecule has 1 N–H and O–H groups in total. The summed E-state index contributed by atoms with van der Waals surface area (Å²) in [4.78, 5) is 22.6. The molecule has 9 heteroatoms. The Morgan fingerprint density at radius 2 is 1.54 bits per heavy atom. The highest BCUT2D eigenvalue weighted by Crippen LogP contribution is 2.44. The van der Waals surface area contributed by atoms with Gasteiger partial charge in [0.1, 0.15) is 0 Å². The van der Waals surface area contributed by atoms with Crippen LogP contribution >= 0.6 is 0 Å². The standard InChI is InChI=1S/C15H9F5O4/c1-15(11(19)9(17)8(16)10(18)12(15)20)24-14(23)7-4-2-6(3-5-7)13(21)22/h2-5,11H,1H3,(H,21,22). The fourth-order valence-electron chi connectivity index (χ4n) is 1.98. The molecule has 0 aliphatic heterocycles. The molecule has 1 aromatic carbocycles. The number of hydrogen-bond acceptors (Lipinski definition) is 3. The van der Waals surface area contributed by atoms with Crippen molar-refractivity contribution in [1.29, 1.82) is 0 Å². The van der Waals surface area contributed by atoms with E-state index in [1.165, 1.54) is 0 Å². The largest absolute Gasteiger partial charge is 0.478 e. The highest BCUT2D eigenvalue weighted by molar-refractivity contribution is 5.92. The topological polar surface area (TPSA) is 63.6 Å². The average molecular weight is 348 g/mol. The van der Waals surface area contributed by atoms with Crippen LogP contribution in [0.3, 0.4) is 0 Å². The Bertz CT molecular complexity index is 769. The van der Waals surface area contributed by atoms with Crippen molar-refractivity contribution in [2.24, 2.45) is 0 Å². The van der Waals surface area contributed by atoms with E-state index in [4.69, 9.17) is 5.11 Å². The van der Waals surface area contributed by atoms with E-state index < -0.39 is 47.0 Å². The lowest BCUT2D eigenvalue weighted by Crippen LogP contribution is -2.45. The summed E-state index contributed by atoms with van der Waals surface area (Å²) in [6.45, 7) is 0.544. The van der Waals surface area contributed by atoms with Crippen LogP contribution in [0.1, 0.15) is 27.6 Å². The lowest BCUT2D eigenvalue weighted by Gasteiger charge is -2.32. The molecule has 2 rings (SSSR count). The van der Waals surface area contributed by atoms with Gasteiger partial charge >= 0.3 is 11.9 Å². The first-order valence-electron chi connectivity index (χ1n) is 6.41. The molecule has 0 radical (unpaired) electrons. The van der Waals surface area contributed by atoms with Gasteiger partial charge in [-0.25, -0.2) is 31.5 Å². The SMILES string of the molecule is CC1(OC(=O)c2ccc(C(=O)O)cc2)C(F)=C(F)C(F)=C(F)C1F. The first kappa shape index (κ1) is 17.6. The highest BCUT2D eigenvalue weighted by Gasteiger charge is 2.53. The second-order valence-corrected chi connectivity index (χ2v) is 5.03. The molecule has 0 fully saturated rings. The molecule has 0 heterocycles. The highest BCUT2D eigenvalue weighted by atomic mass is 19.2. The average Bonchev–Trinajstić information content (AvgIpc) is 2.57. The quantitative estimate of drug-likeness (QED) is 0.664. The molecule has 0 spiro atoms. The Morgan fingerprint density at radius 1 is 1.04 bits per heavy atom. The Labute approximate surface area is 131 Å². The number of aromatic carboxylic acids is 1. The lowest BCUT2D eigenvalue weighted by molar-refractivity contribution is -0.0413. The summed E-state index contributed by atoms with van der Waals surface area (Å²) in [5.41, 5.74) is -3.53. The Hall–Kier alpha value is -2.71. The van der Waals surface area contributed by atoms with Crippen molar-refractivity contribution in [1.82, 2.24) is 0 Å². The van der Waals surface area contributed by atoms with Crippen LogP contribution in [-0.2, 0) is 4.74 Å². The van der Waals surface area contributed by atoms with Crippen LogP contribution in [0.25, 0.3) is 0 Å². The molecule has 4 nitrogen and oxygen atoms in total. The molecular weight excluding hydrogens is 339 g/mol. The number of carboxylic acids is 1. The molecule has 1 aliphatic carbocycles. The van der Waals surface area contributed by atoms with Crippen LogP contribution in [0, 0.1) is 0 Å². The monoisotopic (exact) mass is 348 g/mol. The zero-order chi connectivity index (χ0) is 18.2. The van der Waals surface area contributed by atoms with Gasteiger partial charge in [-0.2, -0.15) is 0 Å². The van der Waals surface area contributed by atoms with Gasteiger partial charge in [-0.15, -0.1) is 0 Å². The summed E-state index contributed by atoms with van der Waals surface area (Å²) in [5, 5.41) is 8.72. The van der Waals surface area contributed by atoms with Gasteiger partial charge < -0.3 is 9.84 Å². The predicted octanol–water partition coefficient (Wildman–Crippen LogP) is 3.95. The number of ether oxygens (including phenoxy) is 1. The molecule has 2 atom stereocenters. The van der Waals surface area contributed by atoms with E-state index in [0.29, 0.717) is 6.92 Å². The lowest BCUT2D eigenvalue weighted by atomic mass is 9.91. The molecule has 1 aromatic rings. The number of carbonyl (C=O) groups is 2. The Balaban J connectivity index is 2.32. The van der Waals surface area contributed by atoms with Gasteiger partial charge in [0.25, 0.3) is 0 Å². The van der Waals surface area contributed by atoms with E-state index in [1.54, 1.807) is 0 Å². The van der Waals surface area contributed by atoms with Gasteiger partial charge in [-0.1, -0.05) is 0 Å². The van der Waals surface area contributed by atoms with Crippen molar-refractivity contribution in [3.8, 4) is 0 Å². The van der Waals surface area contributed by atoms with Crippen LogP contribution in [0.4, 0.5) is 22.0 Å². The zero-order valence-corrected chi connectivity index (χ0v) is 11.9. The van der Waals surface area contributed by atoms with E-state index >= 15 is 0 Å². The number of benzene rings is 1. The number of esters is 1. The third-order valence-corrected chi connectivity index (χ3v) is 3.41.